The molecule has 3 nitrogen and oxygen atoms in total. The molecule has 13 aromatic rings. The van der Waals surface area contributed by atoms with Gasteiger partial charge < -0.3 is 13.9 Å². The second-order valence-corrected chi connectivity index (χ2v) is 17.2. The highest BCUT2D eigenvalue weighted by Gasteiger charge is 2.19. The summed E-state index contributed by atoms with van der Waals surface area (Å²) >= 11 is 0. The Kier molecular flexibility index (Phi) is 9.17. The molecule has 0 aliphatic heterocycles. The summed E-state index contributed by atoms with van der Waals surface area (Å²) in [6, 6.07) is 91.8. The molecule has 0 saturated carbocycles. The Morgan fingerprint density at radius 1 is 0.299 bits per heavy atom. The first-order valence-corrected chi connectivity index (χ1v) is 22.9. The summed E-state index contributed by atoms with van der Waals surface area (Å²) in [7, 11) is 0. The summed E-state index contributed by atoms with van der Waals surface area (Å²) in [6.07, 6.45) is 0. The van der Waals surface area contributed by atoms with Crippen molar-refractivity contribution in [3.8, 4) is 50.2 Å². The summed E-state index contributed by atoms with van der Waals surface area (Å²) in [5.41, 5.74) is 17.9. The maximum Gasteiger partial charge on any atom is 0.143 e. The zero-order valence-electron chi connectivity index (χ0n) is 36.6. The molecule has 11 aromatic carbocycles. The van der Waals surface area contributed by atoms with Crippen LogP contribution in [0.15, 0.2) is 259 Å². The Balaban J connectivity index is 0.921. The summed E-state index contributed by atoms with van der Waals surface area (Å²) in [6.45, 7) is 0. The van der Waals surface area contributed by atoms with Gasteiger partial charge in [0.25, 0.3) is 0 Å². The molecule has 0 aliphatic rings. The van der Waals surface area contributed by atoms with E-state index in [2.05, 4.69) is 252 Å². The molecule has 2 aromatic heterocycles. The molecule has 0 amide bonds. The van der Waals surface area contributed by atoms with Gasteiger partial charge in [0.2, 0.25) is 0 Å². The van der Waals surface area contributed by atoms with Crippen LogP contribution in [0.1, 0.15) is 0 Å². The minimum Gasteiger partial charge on any atom is -0.455 e. The van der Waals surface area contributed by atoms with E-state index in [0.717, 1.165) is 61.4 Å². The number of furan rings is 1. The molecule has 67 heavy (non-hydrogen) atoms. The molecule has 314 valence electrons. The van der Waals surface area contributed by atoms with E-state index in [4.69, 9.17) is 4.42 Å². The van der Waals surface area contributed by atoms with Crippen LogP contribution < -0.4 is 4.90 Å². The average Bonchev–Trinajstić information content (AvgIpc) is 3.95. The number of para-hydroxylation sites is 5. The maximum atomic E-state index is 6.47. The average molecular weight is 855 g/mol. The molecule has 3 heteroatoms. The minimum absolute atomic E-state index is 0.900. The second-order valence-electron chi connectivity index (χ2n) is 17.2. The van der Waals surface area contributed by atoms with Crippen molar-refractivity contribution in [2.75, 3.05) is 4.90 Å². The highest BCUT2D eigenvalue weighted by atomic mass is 16.3. The third-order valence-corrected chi connectivity index (χ3v) is 13.4. The first kappa shape index (κ1) is 38.5. The van der Waals surface area contributed by atoms with Crippen molar-refractivity contribution in [1.82, 2.24) is 4.57 Å². The fraction of sp³-hybridized carbons (Fsp3) is 0. The SMILES string of the molecule is c1ccc(-c2cccc3cccc(-c4ccc(N(c5ccc(-c6ccccc6-n6c7ccccc7c7ccccc76)cc5)c5ccc(-c6cccc7c6oc6ccccc67)cc5)cc4)c23)cc1. The van der Waals surface area contributed by atoms with E-state index >= 15 is 0 Å². The van der Waals surface area contributed by atoms with Gasteiger partial charge in [-0.15, -0.1) is 0 Å². The third kappa shape index (κ3) is 6.51. The predicted molar refractivity (Wildman–Crippen MR) is 282 cm³/mol. The summed E-state index contributed by atoms with van der Waals surface area (Å²) < 4.78 is 8.88. The smallest absolute Gasteiger partial charge is 0.143 e. The van der Waals surface area contributed by atoms with Gasteiger partial charge in [0.05, 0.1) is 16.7 Å². The lowest BCUT2D eigenvalue weighted by Crippen LogP contribution is -2.10. The standard InChI is InChI=1S/C64H42N2O/c1-2-15-43(16-3-1)52-23-12-17-47-18-13-24-53(63(47)52)45-33-39-49(40-34-45)65(50-41-35-46(36-42-50)54-25-14-26-58-57-22-7-11-30-62(57)67-64(54)58)48-37-31-44(32-38-48)51-19-4-8-27-59(51)66-60-28-9-5-20-55(60)56-21-6-10-29-61(56)66/h1-42H. The van der Waals surface area contributed by atoms with Crippen molar-refractivity contribution in [2.45, 2.75) is 0 Å². The fourth-order valence-corrected chi connectivity index (χ4v) is 10.3. The molecule has 0 aliphatic carbocycles. The van der Waals surface area contributed by atoms with E-state index in [1.165, 1.54) is 60.4 Å². The zero-order chi connectivity index (χ0) is 44.3. The van der Waals surface area contributed by atoms with Crippen molar-refractivity contribution in [3.63, 3.8) is 0 Å². The molecule has 0 saturated heterocycles. The first-order valence-electron chi connectivity index (χ1n) is 22.9. The van der Waals surface area contributed by atoms with Crippen LogP contribution in [0.5, 0.6) is 0 Å². The van der Waals surface area contributed by atoms with E-state index in [0.29, 0.717) is 0 Å². The van der Waals surface area contributed by atoms with Crippen molar-refractivity contribution in [1.29, 1.82) is 0 Å². The van der Waals surface area contributed by atoms with Crippen LogP contribution in [0.2, 0.25) is 0 Å². The molecule has 0 atom stereocenters. The number of hydrogen-bond acceptors (Lipinski definition) is 2. The quantitative estimate of drug-likeness (QED) is 0.152. The van der Waals surface area contributed by atoms with Crippen molar-refractivity contribution < 1.29 is 4.42 Å². The van der Waals surface area contributed by atoms with E-state index in [-0.39, 0.29) is 0 Å². The lowest BCUT2D eigenvalue weighted by Gasteiger charge is -2.26. The molecule has 13 rings (SSSR count). The number of rotatable bonds is 8. The van der Waals surface area contributed by atoms with Gasteiger partial charge in [0.15, 0.2) is 0 Å². The highest BCUT2D eigenvalue weighted by molar-refractivity contribution is 6.11. The van der Waals surface area contributed by atoms with E-state index in [1.807, 2.05) is 12.1 Å². The second kappa shape index (κ2) is 16.0. The maximum absolute atomic E-state index is 6.47. The Morgan fingerprint density at radius 2 is 0.731 bits per heavy atom. The lowest BCUT2D eigenvalue weighted by atomic mass is 9.91. The van der Waals surface area contributed by atoms with E-state index in [1.54, 1.807) is 0 Å². The van der Waals surface area contributed by atoms with Crippen LogP contribution >= 0.6 is 0 Å². The largest absolute Gasteiger partial charge is 0.455 e. The number of benzene rings is 11. The lowest BCUT2D eigenvalue weighted by molar-refractivity contribution is 0.670. The molecule has 2 heterocycles. The number of anilines is 3. The first-order chi connectivity index (χ1) is 33.2. The molecule has 0 N–H and O–H groups in total. The molecule has 0 spiro atoms. The van der Waals surface area contributed by atoms with Gasteiger partial charge in [-0.25, -0.2) is 0 Å². The van der Waals surface area contributed by atoms with Crippen molar-refractivity contribution in [2.24, 2.45) is 0 Å². The van der Waals surface area contributed by atoms with Crippen molar-refractivity contribution >= 4 is 71.6 Å². The normalized spacial score (nSPS) is 11.6. The molecule has 0 radical (unpaired) electrons. The Bertz CT molecular complexity index is 3900. The van der Waals surface area contributed by atoms with Crippen LogP contribution in [0.4, 0.5) is 17.1 Å². The summed E-state index contributed by atoms with van der Waals surface area (Å²) in [4.78, 5) is 2.36. The summed E-state index contributed by atoms with van der Waals surface area (Å²) in [5, 5.41) is 7.24. The fourth-order valence-electron chi connectivity index (χ4n) is 10.3. The van der Waals surface area contributed by atoms with Gasteiger partial charge in [-0.3, -0.25) is 0 Å². The number of fused-ring (bicyclic) bond motifs is 7. The van der Waals surface area contributed by atoms with Gasteiger partial charge in [0.1, 0.15) is 11.2 Å². The molecular formula is C64H42N2O. The monoisotopic (exact) mass is 854 g/mol. The van der Waals surface area contributed by atoms with Crippen LogP contribution in [-0.4, -0.2) is 4.57 Å². The molecular weight excluding hydrogens is 813 g/mol. The Hall–Kier alpha value is -8.92. The van der Waals surface area contributed by atoms with Gasteiger partial charge in [-0.05, 0) is 105 Å². The van der Waals surface area contributed by atoms with Crippen LogP contribution in [-0.2, 0) is 0 Å². The molecule has 0 bridgehead atoms. The van der Waals surface area contributed by atoms with Gasteiger partial charge >= 0.3 is 0 Å². The predicted octanol–water partition coefficient (Wildman–Crippen LogP) is 18.0. The highest BCUT2D eigenvalue weighted by Crippen LogP contribution is 2.43. The van der Waals surface area contributed by atoms with Crippen LogP contribution in [0.25, 0.3) is 105 Å². The number of aromatic nitrogens is 1. The van der Waals surface area contributed by atoms with E-state index in [9.17, 15) is 0 Å². The van der Waals surface area contributed by atoms with Crippen LogP contribution in [0, 0.1) is 0 Å². The van der Waals surface area contributed by atoms with Gasteiger partial charge in [-0.2, -0.15) is 0 Å². The van der Waals surface area contributed by atoms with Gasteiger partial charge in [0, 0.05) is 49.7 Å². The molecule has 0 fully saturated rings. The molecule has 0 unspecified atom stereocenters. The van der Waals surface area contributed by atoms with Crippen molar-refractivity contribution in [3.05, 3.63) is 255 Å². The zero-order valence-corrected chi connectivity index (χ0v) is 36.6. The Morgan fingerprint density at radius 3 is 1.36 bits per heavy atom. The number of hydrogen-bond donors (Lipinski definition) is 0. The summed E-state index contributed by atoms with van der Waals surface area (Å²) in [5.74, 6) is 0. The minimum atomic E-state index is 0.900. The topological polar surface area (TPSA) is 21.3 Å². The third-order valence-electron chi connectivity index (χ3n) is 13.4. The number of nitrogens with zero attached hydrogens (tertiary/aromatic N) is 2. The van der Waals surface area contributed by atoms with Crippen LogP contribution in [0.3, 0.4) is 0 Å². The Labute approximate surface area is 388 Å². The van der Waals surface area contributed by atoms with E-state index < -0.39 is 0 Å². The van der Waals surface area contributed by atoms with Gasteiger partial charge in [-0.1, -0.05) is 194 Å².